The molecule has 1 atom stereocenters. The fourth-order valence-corrected chi connectivity index (χ4v) is 3.22. The Balaban J connectivity index is 1.59. The molecule has 1 aliphatic rings. The molecule has 2 heterocycles. The van der Waals surface area contributed by atoms with E-state index in [1.807, 2.05) is 23.1 Å². The highest BCUT2D eigenvalue weighted by atomic mass is 16.4. The fourth-order valence-electron chi connectivity index (χ4n) is 3.22. The zero-order valence-corrected chi connectivity index (χ0v) is 15.0. The van der Waals surface area contributed by atoms with Gasteiger partial charge in [-0.05, 0) is 17.7 Å². The topological polar surface area (TPSA) is 69.0 Å². The van der Waals surface area contributed by atoms with Crippen molar-refractivity contribution in [2.24, 2.45) is 0 Å². The SMILES string of the molecule is O=C(CCN(Cc1ccccc1)CC(O)c1ccco1)N1CCNCC1. The van der Waals surface area contributed by atoms with Crippen molar-refractivity contribution in [1.82, 2.24) is 15.1 Å². The van der Waals surface area contributed by atoms with Crippen molar-refractivity contribution < 1.29 is 14.3 Å². The third-order valence-electron chi connectivity index (χ3n) is 4.66. The maximum Gasteiger partial charge on any atom is 0.223 e. The second kappa shape index (κ2) is 9.52. The Morgan fingerprint density at radius 2 is 1.96 bits per heavy atom. The van der Waals surface area contributed by atoms with Gasteiger partial charge in [-0.2, -0.15) is 0 Å². The van der Waals surface area contributed by atoms with Gasteiger partial charge < -0.3 is 19.7 Å². The quantitative estimate of drug-likeness (QED) is 0.752. The van der Waals surface area contributed by atoms with E-state index < -0.39 is 6.10 Å². The molecular weight excluding hydrogens is 330 g/mol. The van der Waals surface area contributed by atoms with Crippen molar-refractivity contribution in [2.45, 2.75) is 19.1 Å². The Morgan fingerprint density at radius 1 is 1.19 bits per heavy atom. The fraction of sp³-hybridized carbons (Fsp3) is 0.450. The first-order valence-electron chi connectivity index (χ1n) is 9.18. The zero-order valence-electron chi connectivity index (χ0n) is 15.0. The summed E-state index contributed by atoms with van der Waals surface area (Å²) in [4.78, 5) is 16.5. The van der Waals surface area contributed by atoms with Crippen molar-refractivity contribution in [3.63, 3.8) is 0 Å². The molecule has 2 N–H and O–H groups in total. The van der Waals surface area contributed by atoms with Gasteiger partial charge in [0.05, 0.1) is 6.26 Å². The number of furan rings is 1. The van der Waals surface area contributed by atoms with E-state index in [1.165, 1.54) is 0 Å². The van der Waals surface area contributed by atoms with Crippen LogP contribution in [-0.4, -0.2) is 60.1 Å². The van der Waals surface area contributed by atoms with Crippen LogP contribution < -0.4 is 5.32 Å². The van der Waals surface area contributed by atoms with Crippen LogP contribution >= 0.6 is 0 Å². The largest absolute Gasteiger partial charge is 0.467 e. The highest BCUT2D eigenvalue weighted by Crippen LogP contribution is 2.17. The summed E-state index contributed by atoms with van der Waals surface area (Å²) >= 11 is 0. The van der Waals surface area contributed by atoms with E-state index in [2.05, 4.69) is 22.3 Å². The Labute approximate surface area is 154 Å². The first-order valence-corrected chi connectivity index (χ1v) is 9.18. The third kappa shape index (κ3) is 5.42. The molecule has 140 valence electrons. The van der Waals surface area contributed by atoms with Crippen molar-refractivity contribution >= 4 is 5.91 Å². The van der Waals surface area contributed by atoms with Gasteiger partial charge in [0.25, 0.3) is 0 Å². The molecule has 6 nitrogen and oxygen atoms in total. The first kappa shape index (κ1) is 18.6. The molecular formula is C20H27N3O3. The molecule has 1 aromatic heterocycles. The van der Waals surface area contributed by atoms with Gasteiger partial charge in [-0.1, -0.05) is 30.3 Å². The van der Waals surface area contributed by atoms with Crippen LogP contribution in [0.15, 0.2) is 53.1 Å². The number of nitrogens with zero attached hydrogens (tertiary/aromatic N) is 2. The Kier molecular flexibility index (Phi) is 6.82. The van der Waals surface area contributed by atoms with Crippen LogP contribution in [0.5, 0.6) is 0 Å². The molecule has 1 aromatic carbocycles. The van der Waals surface area contributed by atoms with Crippen LogP contribution in [0.25, 0.3) is 0 Å². The number of carbonyl (C=O) groups excluding carboxylic acids is 1. The predicted molar refractivity (Wildman–Crippen MR) is 99.5 cm³/mol. The summed E-state index contributed by atoms with van der Waals surface area (Å²) in [7, 11) is 0. The summed E-state index contributed by atoms with van der Waals surface area (Å²) in [6, 6.07) is 13.7. The Hall–Kier alpha value is -2.15. The second-order valence-electron chi connectivity index (χ2n) is 6.63. The van der Waals surface area contributed by atoms with Crippen molar-refractivity contribution in [3.8, 4) is 0 Å². The molecule has 0 aliphatic carbocycles. The van der Waals surface area contributed by atoms with Gasteiger partial charge in [0.1, 0.15) is 11.9 Å². The minimum Gasteiger partial charge on any atom is -0.467 e. The molecule has 0 bridgehead atoms. The van der Waals surface area contributed by atoms with Crippen LogP contribution in [0.1, 0.15) is 23.8 Å². The summed E-state index contributed by atoms with van der Waals surface area (Å²) in [5.74, 6) is 0.730. The van der Waals surface area contributed by atoms with Crippen molar-refractivity contribution in [3.05, 3.63) is 60.1 Å². The number of carbonyl (C=O) groups is 1. The van der Waals surface area contributed by atoms with Gasteiger partial charge in [-0.25, -0.2) is 0 Å². The molecule has 1 amide bonds. The minimum absolute atomic E-state index is 0.178. The number of aliphatic hydroxyl groups is 1. The predicted octanol–water partition coefficient (Wildman–Crippen LogP) is 1.64. The van der Waals surface area contributed by atoms with Gasteiger partial charge >= 0.3 is 0 Å². The Morgan fingerprint density at radius 3 is 2.65 bits per heavy atom. The summed E-state index contributed by atoms with van der Waals surface area (Å²) in [5, 5.41) is 13.7. The van der Waals surface area contributed by atoms with Crippen LogP contribution in [0.3, 0.4) is 0 Å². The number of piperazine rings is 1. The number of amides is 1. The molecule has 1 aliphatic heterocycles. The van der Waals surface area contributed by atoms with Crippen LogP contribution in [-0.2, 0) is 11.3 Å². The van der Waals surface area contributed by atoms with Gasteiger partial charge in [-0.3, -0.25) is 9.69 Å². The molecule has 0 spiro atoms. The summed E-state index contributed by atoms with van der Waals surface area (Å²) in [6.45, 7) is 4.98. The lowest BCUT2D eigenvalue weighted by atomic mass is 10.1. The van der Waals surface area contributed by atoms with E-state index in [0.29, 0.717) is 31.8 Å². The standard InChI is InChI=1S/C20H27N3O3/c24-18(19-7-4-14-26-19)16-22(15-17-5-2-1-3-6-17)11-8-20(25)23-12-9-21-10-13-23/h1-7,14,18,21,24H,8-13,15-16H2. The molecule has 0 radical (unpaired) electrons. The summed E-state index contributed by atoms with van der Waals surface area (Å²) in [5.41, 5.74) is 1.16. The van der Waals surface area contributed by atoms with E-state index in [9.17, 15) is 9.90 Å². The summed E-state index contributed by atoms with van der Waals surface area (Å²) in [6.07, 6.45) is 1.31. The highest BCUT2D eigenvalue weighted by molar-refractivity contribution is 5.76. The molecule has 26 heavy (non-hydrogen) atoms. The third-order valence-corrected chi connectivity index (χ3v) is 4.66. The monoisotopic (exact) mass is 357 g/mol. The Bertz CT molecular complexity index is 654. The number of nitrogens with one attached hydrogen (secondary N) is 1. The number of hydrogen-bond acceptors (Lipinski definition) is 5. The number of benzene rings is 1. The van der Waals surface area contributed by atoms with Crippen molar-refractivity contribution in [1.29, 1.82) is 0 Å². The minimum atomic E-state index is -0.706. The molecule has 2 aromatic rings. The summed E-state index contributed by atoms with van der Waals surface area (Å²) < 4.78 is 5.31. The van der Waals surface area contributed by atoms with Crippen LogP contribution in [0.4, 0.5) is 0 Å². The number of aliphatic hydroxyl groups excluding tert-OH is 1. The zero-order chi connectivity index (χ0) is 18.2. The molecule has 1 fully saturated rings. The van der Waals surface area contributed by atoms with Crippen LogP contribution in [0.2, 0.25) is 0 Å². The molecule has 1 unspecified atom stereocenters. The lowest BCUT2D eigenvalue weighted by Crippen LogP contribution is -2.47. The van der Waals surface area contributed by atoms with Gasteiger partial charge in [0.15, 0.2) is 0 Å². The van der Waals surface area contributed by atoms with Gasteiger partial charge in [0, 0.05) is 52.2 Å². The molecule has 6 heteroatoms. The van der Waals surface area contributed by atoms with E-state index in [0.717, 1.165) is 31.7 Å². The molecule has 0 saturated carbocycles. The first-order chi connectivity index (χ1) is 12.7. The number of rotatable bonds is 8. The average molecular weight is 357 g/mol. The van der Waals surface area contributed by atoms with E-state index in [-0.39, 0.29) is 5.91 Å². The normalized spacial score (nSPS) is 16.0. The van der Waals surface area contributed by atoms with Crippen molar-refractivity contribution in [2.75, 3.05) is 39.3 Å². The van der Waals surface area contributed by atoms with Gasteiger partial charge in [-0.15, -0.1) is 0 Å². The average Bonchev–Trinajstić information content (AvgIpc) is 3.22. The number of hydrogen-bond donors (Lipinski definition) is 2. The van der Waals surface area contributed by atoms with E-state index in [1.54, 1.807) is 18.4 Å². The smallest absolute Gasteiger partial charge is 0.223 e. The maximum atomic E-state index is 12.5. The van der Waals surface area contributed by atoms with E-state index in [4.69, 9.17) is 4.42 Å². The maximum absolute atomic E-state index is 12.5. The second-order valence-corrected chi connectivity index (χ2v) is 6.63. The van der Waals surface area contributed by atoms with Gasteiger partial charge in [0.2, 0.25) is 5.91 Å². The lowest BCUT2D eigenvalue weighted by molar-refractivity contribution is -0.132. The van der Waals surface area contributed by atoms with E-state index >= 15 is 0 Å². The molecule has 1 saturated heterocycles. The van der Waals surface area contributed by atoms with Crippen LogP contribution in [0, 0.1) is 0 Å². The lowest BCUT2D eigenvalue weighted by Gasteiger charge is -2.29. The molecule has 3 rings (SSSR count). The highest BCUT2D eigenvalue weighted by Gasteiger charge is 2.20.